The summed E-state index contributed by atoms with van der Waals surface area (Å²) < 4.78 is 2.24. The van der Waals surface area contributed by atoms with Gasteiger partial charge < -0.3 is 9.88 Å². The second kappa shape index (κ2) is 8.95. The SMILES string of the molecule is Cc1ccc(C(=O)NCCn2c(CCc3ccccc3)nc3ccccc32)cc1C. The molecule has 0 aliphatic rings. The van der Waals surface area contributed by atoms with E-state index in [2.05, 4.69) is 47.1 Å². The molecule has 0 aliphatic heterocycles. The molecule has 0 unspecified atom stereocenters. The number of aryl methyl sites for hydroxylation is 4. The zero-order valence-corrected chi connectivity index (χ0v) is 17.6. The van der Waals surface area contributed by atoms with Gasteiger partial charge in [0, 0.05) is 25.1 Å². The van der Waals surface area contributed by atoms with Crippen LogP contribution in [-0.2, 0) is 19.4 Å². The number of hydrogen-bond acceptors (Lipinski definition) is 2. The van der Waals surface area contributed by atoms with Crippen molar-refractivity contribution in [3.05, 3.63) is 101 Å². The van der Waals surface area contributed by atoms with Crippen LogP contribution in [0.2, 0.25) is 0 Å². The minimum atomic E-state index is -0.0339. The van der Waals surface area contributed by atoms with Crippen LogP contribution in [-0.4, -0.2) is 22.0 Å². The highest BCUT2D eigenvalue weighted by Crippen LogP contribution is 2.17. The van der Waals surface area contributed by atoms with E-state index in [4.69, 9.17) is 4.98 Å². The summed E-state index contributed by atoms with van der Waals surface area (Å²) in [7, 11) is 0. The number of rotatable bonds is 7. The fourth-order valence-corrected chi connectivity index (χ4v) is 3.73. The summed E-state index contributed by atoms with van der Waals surface area (Å²) in [5, 5.41) is 3.06. The van der Waals surface area contributed by atoms with Gasteiger partial charge in [0.2, 0.25) is 0 Å². The molecule has 1 amide bonds. The average Bonchev–Trinajstić information content (AvgIpc) is 3.12. The second-order valence-corrected chi connectivity index (χ2v) is 7.71. The van der Waals surface area contributed by atoms with Crippen LogP contribution in [0.15, 0.2) is 72.8 Å². The third-order valence-electron chi connectivity index (χ3n) is 5.60. The van der Waals surface area contributed by atoms with Gasteiger partial charge >= 0.3 is 0 Å². The van der Waals surface area contributed by atoms with Crippen molar-refractivity contribution in [3.8, 4) is 0 Å². The highest BCUT2D eigenvalue weighted by Gasteiger charge is 2.12. The normalized spacial score (nSPS) is 11.0. The Balaban J connectivity index is 1.47. The van der Waals surface area contributed by atoms with Gasteiger partial charge in [0.05, 0.1) is 11.0 Å². The molecule has 3 aromatic carbocycles. The predicted molar refractivity (Wildman–Crippen MR) is 122 cm³/mol. The fourth-order valence-electron chi connectivity index (χ4n) is 3.73. The molecule has 0 radical (unpaired) electrons. The molecule has 4 aromatic rings. The number of para-hydroxylation sites is 2. The van der Waals surface area contributed by atoms with E-state index in [-0.39, 0.29) is 5.91 Å². The molecule has 30 heavy (non-hydrogen) atoms. The van der Waals surface area contributed by atoms with Gasteiger partial charge in [-0.15, -0.1) is 0 Å². The topological polar surface area (TPSA) is 46.9 Å². The molecule has 0 bridgehead atoms. The lowest BCUT2D eigenvalue weighted by Gasteiger charge is -2.11. The van der Waals surface area contributed by atoms with Crippen molar-refractivity contribution in [1.29, 1.82) is 0 Å². The number of aromatic nitrogens is 2. The van der Waals surface area contributed by atoms with Crippen LogP contribution in [0, 0.1) is 13.8 Å². The summed E-state index contributed by atoms with van der Waals surface area (Å²) in [5.41, 5.74) is 6.45. The van der Waals surface area contributed by atoms with Crippen LogP contribution in [0.3, 0.4) is 0 Å². The number of carbonyl (C=O) groups excluding carboxylic acids is 1. The maximum absolute atomic E-state index is 12.6. The Morgan fingerprint density at radius 1 is 0.900 bits per heavy atom. The summed E-state index contributed by atoms with van der Waals surface area (Å²) in [6, 6.07) is 24.5. The van der Waals surface area contributed by atoms with Crippen molar-refractivity contribution in [3.63, 3.8) is 0 Å². The summed E-state index contributed by atoms with van der Waals surface area (Å²) in [5.74, 6) is 1.02. The summed E-state index contributed by atoms with van der Waals surface area (Å²) >= 11 is 0. The molecular formula is C26H27N3O. The number of hydrogen-bond donors (Lipinski definition) is 1. The van der Waals surface area contributed by atoms with E-state index in [1.165, 1.54) is 11.1 Å². The third kappa shape index (κ3) is 4.43. The summed E-state index contributed by atoms with van der Waals surface area (Å²) in [6.07, 6.45) is 1.81. The Morgan fingerprint density at radius 2 is 1.67 bits per heavy atom. The van der Waals surface area contributed by atoms with Crippen LogP contribution in [0.25, 0.3) is 11.0 Å². The zero-order chi connectivity index (χ0) is 20.9. The lowest BCUT2D eigenvalue weighted by molar-refractivity contribution is 0.0952. The lowest BCUT2D eigenvalue weighted by atomic mass is 10.1. The molecule has 4 rings (SSSR count). The number of fused-ring (bicyclic) bond motifs is 1. The number of nitrogens with one attached hydrogen (secondary N) is 1. The van der Waals surface area contributed by atoms with E-state index >= 15 is 0 Å². The first kappa shape index (κ1) is 19.9. The Kier molecular flexibility index (Phi) is 5.94. The summed E-state index contributed by atoms with van der Waals surface area (Å²) in [4.78, 5) is 17.4. The molecular weight excluding hydrogens is 370 g/mol. The van der Waals surface area contributed by atoms with Gasteiger partial charge in [0.25, 0.3) is 5.91 Å². The van der Waals surface area contributed by atoms with Crippen molar-refractivity contribution >= 4 is 16.9 Å². The Bertz CT molecular complexity index is 1160. The van der Waals surface area contributed by atoms with E-state index in [1.54, 1.807) is 0 Å². The summed E-state index contributed by atoms with van der Waals surface area (Å²) in [6.45, 7) is 5.34. The number of imidazole rings is 1. The van der Waals surface area contributed by atoms with Gasteiger partial charge in [0.15, 0.2) is 0 Å². The molecule has 0 aliphatic carbocycles. The van der Waals surface area contributed by atoms with Crippen LogP contribution in [0.4, 0.5) is 0 Å². The van der Waals surface area contributed by atoms with Crippen molar-refractivity contribution in [2.45, 2.75) is 33.2 Å². The standard InChI is InChI=1S/C26H27N3O/c1-19-12-14-22(18-20(19)2)26(30)27-16-17-29-24-11-7-6-10-23(24)28-25(29)15-13-21-8-4-3-5-9-21/h3-12,14,18H,13,15-17H2,1-2H3,(H,27,30). The van der Waals surface area contributed by atoms with Crippen molar-refractivity contribution in [1.82, 2.24) is 14.9 Å². The van der Waals surface area contributed by atoms with Crippen molar-refractivity contribution in [2.24, 2.45) is 0 Å². The number of nitrogens with zero attached hydrogens (tertiary/aromatic N) is 2. The van der Waals surface area contributed by atoms with Crippen molar-refractivity contribution in [2.75, 3.05) is 6.54 Å². The Hall–Kier alpha value is -3.40. The maximum Gasteiger partial charge on any atom is 0.251 e. The Morgan fingerprint density at radius 3 is 2.47 bits per heavy atom. The van der Waals surface area contributed by atoms with Crippen LogP contribution in [0.1, 0.15) is 32.9 Å². The predicted octanol–water partition coefficient (Wildman–Crippen LogP) is 4.87. The number of carbonyl (C=O) groups is 1. The molecule has 1 heterocycles. The first-order chi connectivity index (χ1) is 14.6. The molecule has 4 heteroatoms. The molecule has 0 saturated heterocycles. The van der Waals surface area contributed by atoms with Gasteiger partial charge in [0.1, 0.15) is 5.82 Å². The molecule has 152 valence electrons. The molecule has 1 aromatic heterocycles. The van der Waals surface area contributed by atoms with Crippen LogP contribution < -0.4 is 5.32 Å². The van der Waals surface area contributed by atoms with E-state index < -0.39 is 0 Å². The third-order valence-corrected chi connectivity index (χ3v) is 5.60. The fraction of sp³-hybridized carbons (Fsp3) is 0.231. The van der Waals surface area contributed by atoms with E-state index in [0.717, 1.165) is 35.3 Å². The maximum atomic E-state index is 12.6. The van der Waals surface area contributed by atoms with E-state index in [9.17, 15) is 4.79 Å². The van der Waals surface area contributed by atoms with Gasteiger partial charge in [-0.25, -0.2) is 4.98 Å². The van der Waals surface area contributed by atoms with Crippen LogP contribution in [0.5, 0.6) is 0 Å². The second-order valence-electron chi connectivity index (χ2n) is 7.71. The smallest absolute Gasteiger partial charge is 0.251 e. The largest absolute Gasteiger partial charge is 0.350 e. The van der Waals surface area contributed by atoms with Gasteiger partial charge in [-0.3, -0.25) is 4.79 Å². The lowest BCUT2D eigenvalue weighted by Crippen LogP contribution is -2.27. The van der Waals surface area contributed by atoms with Crippen molar-refractivity contribution < 1.29 is 4.79 Å². The zero-order valence-electron chi connectivity index (χ0n) is 17.6. The molecule has 0 atom stereocenters. The van der Waals surface area contributed by atoms with Crippen LogP contribution >= 0.6 is 0 Å². The minimum Gasteiger partial charge on any atom is -0.350 e. The molecule has 0 spiro atoms. The Labute approximate surface area is 177 Å². The highest BCUT2D eigenvalue weighted by molar-refractivity contribution is 5.94. The first-order valence-electron chi connectivity index (χ1n) is 10.5. The molecule has 0 saturated carbocycles. The van der Waals surface area contributed by atoms with E-state index in [0.29, 0.717) is 18.7 Å². The van der Waals surface area contributed by atoms with Gasteiger partial charge in [-0.05, 0) is 61.2 Å². The average molecular weight is 398 g/mol. The molecule has 4 nitrogen and oxygen atoms in total. The first-order valence-corrected chi connectivity index (χ1v) is 10.5. The number of benzene rings is 3. The van der Waals surface area contributed by atoms with E-state index in [1.807, 2.05) is 49.4 Å². The number of amides is 1. The molecule has 1 N–H and O–H groups in total. The van der Waals surface area contributed by atoms with Gasteiger partial charge in [-0.2, -0.15) is 0 Å². The monoisotopic (exact) mass is 397 g/mol. The highest BCUT2D eigenvalue weighted by atomic mass is 16.1. The quantitative estimate of drug-likeness (QED) is 0.484. The van der Waals surface area contributed by atoms with Gasteiger partial charge in [-0.1, -0.05) is 48.5 Å². The molecule has 0 fully saturated rings. The minimum absolute atomic E-state index is 0.0339.